The molecule has 1 aromatic rings. The second-order valence-corrected chi connectivity index (χ2v) is 13.8. The molecule has 0 saturated heterocycles. The monoisotopic (exact) mass is 1040 g/mol. The molecule has 0 saturated carbocycles. The quantitative estimate of drug-likeness (QED) is 0.115. The molecule has 278 valence electrons. The molecular formula is C30H38I3N3O14. The number of amides is 2. The molecule has 2 amide bonds. The molecule has 17 nitrogen and oxygen atoms in total. The number of carbonyl (C=O) groups is 8. The molecular weight excluding hydrogens is 1010 g/mol. The van der Waals surface area contributed by atoms with Gasteiger partial charge in [0.25, 0.3) is 11.8 Å². The van der Waals surface area contributed by atoms with Crippen molar-refractivity contribution in [1.82, 2.24) is 0 Å². The largest absolute Gasteiger partial charge is 0.466 e. The summed E-state index contributed by atoms with van der Waals surface area (Å²) in [7, 11) is 0. The summed E-state index contributed by atoms with van der Waals surface area (Å²) < 4.78 is 32.9. The highest BCUT2D eigenvalue weighted by atomic mass is 127. The number of ether oxygens (including phenoxy) is 6. The Bertz CT molecular complexity index is 1390. The van der Waals surface area contributed by atoms with Crippen LogP contribution < -0.4 is 16.4 Å². The normalized spacial score (nSPS) is 13.1. The third-order valence-electron chi connectivity index (χ3n) is 6.42. The summed E-state index contributed by atoms with van der Waals surface area (Å²) in [5, 5.41) is 0. The van der Waals surface area contributed by atoms with Gasteiger partial charge >= 0.3 is 35.8 Å². The first-order chi connectivity index (χ1) is 23.2. The highest BCUT2D eigenvalue weighted by molar-refractivity contribution is 14.1. The van der Waals surface area contributed by atoms with Crippen LogP contribution in [0.1, 0.15) is 75.1 Å². The van der Waals surface area contributed by atoms with Gasteiger partial charge in [0.05, 0.1) is 50.3 Å². The number of nitrogens with zero attached hydrogens (tertiary/aromatic N) is 1. The minimum absolute atomic E-state index is 0.0775. The van der Waals surface area contributed by atoms with E-state index in [0.717, 1.165) is 27.7 Å². The topological polar surface area (TPSA) is 247 Å². The van der Waals surface area contributed by atoms with Gasteiger partial charge in [-0.05, 0) is 67.8 Å². The van der Waals surface area contributed by atoms with Gasteiger partial charge in [-0.15, -0.1) is 0 Å². The van der Waals surface area contributed by atoms with Crippen molar-refractivity contribution in [3.8, 4) is 0 Å². The van der Waals surface area contributed by atoms with E-state index in [9.17, 15) is 38.4 Å². The van der Waals surface area contributed by atoms with Crippen LogP contribution in [0.2, 0.25) is 0 Å². The van der Waals surface area contributed by atoms with Gasteiger partial charge in [-0.2, -0.15) is 0 Å². The number of hydrogen-bond donors (Lipinski definition) is 2. The maximum Gasteiger partial charge on any atom is 0.303 e. The number of halogens is 3. The van der Waals surface area contributed by atoms with Crippen LogP contribution in [0.5, 0.6) is 0 Å². The number of nitrogens with two attached hydrogens (primary N) is 2. The molecule has 4 unspecified atom stereocenters. The maximum atomic E-state index is 12.7. The fourth-order valence-electron chi connectivity index (χ4n) is 4.65. The maximum absolute atomic E-state index is 12.7. The lowest BCUT2D eigenvalue weighted by Gasteiger charge is -2.37. The van der Waals surface area contributed by atoms with Gasteiger partial charge in [-0.25, -0.2) is 0 Å². The number of esters is 6. The molecule has 4 atom stereocenters. The van der Waals surface area contributed by atoms with Gasteiger partial charge in [-0.1, -0.05) is 0 Å². The number of primary amides is 2. The Balaban J connectivity index is 4.15. The minimum Gasteiger partial charge on any atom is -0.466 e. The molecule has 0 aliphatic carbocycles. The molecule has 0 heterocycles. The lowest BCUT2D eigenvalue weighted by atomic mass is 10.0. The van der Waals surface area contributed by atoms with Gasteiger partial charge in [0.1, 0.15) is 12.2 Å². The first kappa shape index (κ1) is 45.0. The van der Waals surface area contributed by atoms with Crippen molar-refractivity contribution in [3.05, 3.63) is 21.8 Å². The molecule has 0 spiro atoms. The first-order valence-electron chi connectivity index (χ1n) is 14.7. The van der Waals surface area contributed by atoms with E-state index in [2.05, 4.69) is 0 Å². The number of rotatable bonds is 19. The Morgan fingerprint density at radius 1 is 0.520 bits per heavy atom. The van der Waals surface area contributed by atoms with Gasteiger partial charge in [0, 0.05) is 58.0 Å². The second-order valence-electron chi connectivity index (χ2n) is 10.5. The van der Waals surface area contributed by atoms with Crippen molar-refractivity contribution >= 4 is 121 Å². The van der Waals surface area contributed by atoms with Crippen LogP contribution in [-0.4, -0.2) is 98.3 Å². The number of carbonyl (C=O) groups excluding carboxylic acids is 8. The average molecular weight is 1050 g/mol. The molecule has 0 fully saturated rings. The van der Waals surface area contributed by atoms with Crippen molar-refractivity contribution in [2.24, 2.45) is 11.5 Å². The lowest BCUT2D eigenvalue weighted by Crippen LogP contribution is -2.50. The summed E-state index contributed by atoms with van der Waals surface area (Å²) in [6, 6.07) is 0. The predicted molar refractivity (Wildman–Crippen MR) is 199 cm³/mol. The van der Waals surface area contributed by atoms with E-state index in [0.29, 0.717) is 0 Å². The summed E-state index contributed by atoms with van der Waals surface area (Å²) in [6.07, 6.45) is -5.34. The Labute approximate surface area is 328 Å². The molecule has 0 aliphatic rings. The Kier molecular flexibility index (Phi) is 19.2. The molecule has 1 rings (SSSR count). The van der Waals surface area contributed by atoms with E-state index >= 15 is 0 Å². The summed E-state index contributed by atoms with van der Waals surface area (Å²) in [4.78, 5) is 99.2. The van der Waals surface area contributed by atoms with E-state index in [-0.39, 0.29) is 66.7 Å². The van der Waals surface area contributed by atoms with Gasteiger partial charge in [0.2, 0.25) is 0 Å². The molecule has 50 heavy (non-hydrogen) atoms. The van der Waals surface area contributed by atoms with Gasteiger partial charge < -0.3 is 44.8 Å². The van der Waals surface area contributed by atoms with E-state index in [4.69, 9.17) is 39.9 Å². The van der Waals surface area contributed by atoms with Crippen molar-refractivity contribution in [3.63, 3.8) is 0 Å². The van der Waals surface area contributed by atoms with E-state index in [1.807, 2.05) is 45.2 Å². The smallest absolute Gasteiger partial charge is 0.303 e. The van der Waals surface area contributed by atoms with Crippen LogP contribution in [0.25, 0.3) is 0 Å². The molecule has 0 aliphatic heterocycles. The number of hydrogen-bond acceptors (Lipinski definition) is 15. The zero-order valence-corrected chi connectivity index (χ0v) is 34.5. The summed E-state index contributed by atoms with van der Waals surface area (Å²) in [6.45, 7) is 5.58. The van der Waals surface area contributed by atoms with E-state index < -0.39 is 72.0 Å². The summed E-state index contributed by atoms with van der Waals surface area (Å²) >= 11 is 5.44. The summed E-state index contributed by atoms with van der Waals surface area (Å²) in [5.74, 6) is -6.16. The van der Waals surface area contributed by atoms with Crippen molar-refractivity contribution < 1.29 is 66.8 Å². The van der Waals surface area contributed by atoms with Crippen molar-refractivity contribution in [2.45, 2.75) is 78.8 Å². The third-order valence-corrected chi connectivity index (χ3v) is 9.60. The molecule has 0 aromatic heterocycles. The molecule has 0 radical (unpaired) electrons. The summed E-state index contributed by atoms with van der Waals surface area (Å²) in [5.41, 5.74) is 11.5. The van der Waals surface area contributed by atoms with Crippen LogP contribution >= 0.6 is 67.8 Å². The highest BCUT2D eigenvalue weighted by Crippen LogP contribution is 2.38. The molecule has 1 aromatic carbocycles. The predicted octanol–water partition coefficient (Wildman–Crippen LogP) is 2.14. The van der Waals surface area contributed by atoms with Crippen LogP contribution in [0, 0.1) is 10.7 Å². The molecule has 4 N–H and O–H groups in total. The van der Waals surface area contributed by atoms with E-state index in [1.165, 1.54) is 18.7 Å². The Morgan fingerprint density at radius 3 is 1.08 bits per heavy atom. The van der Waals surface area contributed by atoms with Crippen molar-refractivity contribution in [1.29, 1.82) is 0 Å². The van der Waals surface area contributed by atoms with Crippen LogP contribution in [0.15, 0.2) is 0 Å². The zero-order chi connectivity index (χ0) is 38.5. The minimum atomic E-state index is -1.32. The highest BCUT2D eigenvalue weighted by Gasteiger charge is 2.37. The fraction of sp³-hybridized carbons (Fsp3) is 0.533. The van der Waals surface area contributed by atoms with Gasteiger partial charge in [0.15, 0.2) is 12.2 Å². The van der Waals surface area contributed by atoms with Crippen LogP contribution in [0.3, 0.4) is 0 Å². The fourth-order valence-corrected chi connectivity index (χ4v) is 9.56. The molecule has 20 heteroatoms. The standard InChI is InChI=1S/C30H38I3N3O14/c1-13(37)45-9-7-19(47-15(3)39)21(49-17(5)41)11-36(28-26(32)23(29(34)43)25(31)24(27(28)33)30(35)44)12-22(50-18(6)42)20(48-16(4)40)8-10-46-14(2)38/h19-22H,7-12H2,1-6H3,(H2,34,43)(H2,35,44). The van der Waals surface area contributed by atoms with Crippen LogP contribution in [-0.2, 0) is 57.2 Å². The Hall–Kier alpha value is -3.03. The number of anilines is 1. The van der Waals surface area contributed by atoms with Crippen molar-refractivity contribution in [2.75, 3.05) is 31.2 Å². The lowest BCUT2D eigenvalue weighted by molar-refractivity contribution is -0.168. The second kappa shape index (κ2) is 21.4. The molecule has 0 bridgehead atoms. The van der Waals surface area contributed by atoms with Crippen LogP contribution in [0.4, 0.5) is 5.69 Å². The van der Waals surface area contributed by atoms with Gasteiger partial charge in [-0.3, -0.25) is 38.4 Å². The number of benzene rings is 1. The third kappa shape index (κ3) is 14.7. The SMILES string of the molecule is CC(=O)OCCC(OC(C)=O)C(CN(CC(OC(C)=O)C(CCOC(C)=O)OC(C)=O)c1c(I)c(C(N)=O)c(I)c(C(N)=O)c1I)OC(C)=O. The Morgan fingerprint density at radius 2 is 0.820 bits per heavy atom. The first-order valence-corrected chi connectivity index (χ1v) is 17.9. The zero-order valence-electron chi connectivity index (χ0n) is 28.0. The average Bonchev–Trinajstić information content (AvgIpc) is 2.93. The van der Waals surface area contributed by atoms with E-state index in [1.54, 1.807) is 22.6 Å².